The van der Waals surface area contributed by atoms with E-state index < -0.39 is 29.0 Å². The number of alkyl halides is 3. The van der Waals surface area contributed by atoms with Gasteiger partial charge in [-0.3, -0.25) is 14.4 Å². The quantitative estimate of drug-likeness (QED) is 0.350. The third-order valence-corrected chi connectivity index (χ3v) is 6.14. The van der Waals surface area contributed by atoms with Crippen LogP contribution in [-0.4, -0.2) is 51.8 Å². The first-order chi connectivity index (χ1) is 17.1. The molecule has 194 valence electrons. The summed E-state index contributed by atoms with van der Waals surface area (Å²) in [5.74, 6) is 0.922. The van der Waals surface area contributed by atoms with Crippen molar-refractivity contribution >= 4 is 17.5 Å². The molecular weight excluding hydrogens is 479 g/mol. The number of hydrogen-bond donors (Lipinski definition) is 3. The van der Waals surface area contributed by atoms with Crippen LogP contribution in [0.2, 0.25) is 0 Å². The summed E-state index contributed by atoms with van der Waals surface area (Å²) >= 11 is 0. The first kappa shape index (κ1) is 25.6. The fourth-order valence-corrected chi connectivity index (χ4v) is 4.07. The summed E-state index contributed by atoms with van der Waals surface area (Å²) in [6.45, 7) is 4.70. The van der Waals surface area contributed by atoms with E-state index in [2.05, 4.69) is 30.8 Å². The Balaban J connectivity index is 1.23. The maximum Gasteiger partial charge on any atom is 0.423 e. The zero-order valence-electron chi connectivity index (χ0n) is 20.0. The van der Waals surface area contributed by atoms with Crippen LogP contribution in [0.15, 0.2) is 34.5 Å². The van der Waals surface area contributed by atoms with Crippen molar-refractivity contribution in [2.24, 2.45) is 0 Å². The van der Waals surface area contributed by atoms with Crippen LogP contribution in [-0.2, 0) is 15.8 Å². The predicted molar refractivity (Wildman–Crippen MR) is 125 cm³/mol. The van der Waals surface area contributed by atoms with E-state index >= 15 is 0 Å². The van der Waals surface area contributed by atoms with Gasteiger partial charge in [-0.25, -0.2) is 20.5 Å². The molecule has 0 radical (unpaired) electrons. The lowest BCUT2D eigenvalue weighted by Gasteiger charge is -2.29. The highest BCUT2D eigenvalue weighted by molar-refractivity contribution is 5.77. The smallest absolute Gasteiger partial charge is 0.378 e. The number of carbonyl (C=O) groups excluding carboxylic acids is 1. The third kappa shape index (κ3) is 6.39. The van der Waals surface area contributed by atoms with Crippen LogP contribution in [0.25, 0.3) is 0 Å². The molecule has 2 aromatic heterocycles. The zero-order chi connectivity index (χ0) is 25.9. The number of halogens is 3. The van der Waals surface area contributed by atoms with Crippen molar-refractivity contribution in [1.29, 1.82) is 0 Å². The topological polar surface area (TPSA) is 125 Å². The van der Waals surface area contributed by atoms with E-state index in [-0.39, 0.29) is 18.9 Å². The van der Waals surface area contributed by atoms with Crippen molar-refractivity contribution < 1.29 is 22.8 Å². The molecule has 1 aliphatic heterocycles. The van der Waals surface area contributed by atoms with Crippen LogP contribution in [0.1, 0.15) is 56.6 Å². The van der Waals surface area contributed by atoms with Crippen LogP contribution >= 0.6 is 0 Å². The lowest BCUT2D eigenvalue weighted by Crippen LogP contribution is -2.35. The number of hydroxylamine groups is 1. The highest BCUT2D eigenvalue weighted by Crippen LogP contribution is 2.39. The first-order valence-corrected chi connectivity index (χ1v) is 11.7. The number of carbonyl (C=O) groups is 1. The fourth-order valence-electron chi connectivity index (χ4n) is 4.07. The summed E-state index contributed by atoms with van der Waals surface area (Å²) in [5.41, 5.74) is 2.39. The van der Waals surface area contributed by atoms with Gasteiger partial charge in [-0.05, 0) is 44.6 Å². The predicted octanol–water partition coefficient (Wildman–Crippen LogP) is 2.92. The Morgan fingerprint density at radius 1 is 1.28 bits per heavy atom. The minimum Gasteiger partial charge on any atom is -0.378 e. The van der Waals surface area contributed by atoms with Gasteiger partial charge in [0.05, 0.1) is 24.9 Å². The second-order valence-electron chi connectivity index (χ2n) is 9.19. The van der Waals surface area contributed by atoms with E-state index in [1.54, 1.807) is 12.0 Å². The fraction of sp³-hybridized carbons (Fsp3) is 0.522. The van der Waals surface area contributed by atoms with Crippen molar-refractivity contribution in [2.45, 2.75) is 57.7 Å². The Labute approximate surface area is 205 Å². The molecule has 3 heterocycles. The molecule has 0 spiro atoms. The van der Waals surface area contributed by atoms with Gasteiger partial charge in [-0.2, -0.15) is 18.3 Å². The van der Waals surface area contributed by atoms with E-state index in [0.717, 1.165) is 17.3 Å². The highest BCUT2D eigenvalue weighted by atomic mass is 19.4. The maximum absolute atomic E-state index is 13.1. The molecule has 1 saturated carbocycles. The third-order valence-electron chi connectivity index (χ3n) is 6.14. The van der Waals surface area contributed by atoms with Crippen LogP contribution in [0.4, 0.5) is 24.8 Å². The highest BCUT2D eigenvalue weighted by Gasteiger charge is 2.37. The number of nitrogens with zero attached hydrogens (tertiary/aromatic N) is 4. The number of hydrogen-bond acceptors (Lipinski definition) is 8. The molecule has 10 nitrogen and oxygen atoms in total. The molecule has 2 aliphatic rings. The van der Waals surface area contributed by atoms with E-state index in [1.807, 2.05) is 19.3 Å². The van der Waals surface area contributed by atoms with Crippen LogP contribution in [0, 0.1) is 0 Å². The Hall–Kier alpha value is -3.48. The summed E-state index contributed by atoms with van der Waals surface area (Å²) in [7, 11) is 0. The van der Waals surface area contributed by atoms with Gasteiger partial charge in [0.15, 0.2) is 0 Å². The van der Waals surface area contributed by atoms with E-state index in [0.29, 0.717) is 31.4 Å². The Bertz CT molecular complexity index is 1180. The van der Waals surface area contributed by atoms with Gasteiger partial charge in [-0.1, -0.05) is 11.1 Å². The van der Waals surface area contributed by atoms with Crippen molar-refractivity contribution in [3.05, 3.63) is 51.2 Å². The average Bonchev–Trinajstić information content (AvgIpc) is 3.65. The number of amides is 1. The second-order valence-corrected chi connectivity index (χ2v) is 9.19. The van der Waals surface area contributed by atoms with Crippen molar-refractivity contribution in [3.63, 3.8) is 0 Å². The van der Waals surface area contributed by atoms with Crippen molar-refractivity contribution in [2.75, 3.05) is 29.9 Å². The molecule has 1 atom stereocenters. The minimum absolute atomic E-state index is 0.129. The normalized spacial score (nSPS) is 17.2. The molecule has 0 saturated heterocycles. The van der Waals surface area contributed by atoms with Gasteiger partial charge in [0.1, 0.15) is 5.56 Å². The van der Waals surface area contributed by atoms with Gasteiger partial charge in [0, 0.05) is 31.5 Å². The van der Waals surface area contributed by atoms with Gasteiger partial charge in [0.2, 0.25) is 11.9 Å². The molecule has 1 fully saturated rings. The van der Waals surface area contributed by atoms with Crippen molar-refractivity contribution in [3.8, 4) is 0 Å². The van der Waals surface area contributed by atoms with E-state index in [9.17, 15) is 22.8 Å². The molecule has 1 amide bonds. The molecule has 36 heavy (non-hydrogen) atoms. The Morgan fingerprint density at radius 3 is 2.64 bits per heavy atom. The maximum atomic E-state index is 13.1. The van der Waals surface area contributed by atoms with Crippen LogP contribution in [0.3, 0.4) is 0 Å². The summed E-state index contributed by atoms with van der Waals surface area (Å²) in [4.78, 5) is 40.2. The molecule has 4 rings (SSSR count). The Morgan fingerprint density at radius 2 is 2.00 bits per heavy atom. The number of anilines is 2. The van der Waals surface area contributed by atoms with Crippen molar-refractivity contribution in [1.82, 2.24) is 25.6 Å². The first-order valence-electron chi connectivity index (χ1n) is 11.7. The summed E-state index contributed by atoms with van der Waals surface area (Å²) in [6, 6.07) is -0.648. The number of aromatic amines is 1. The SMILES string of the molecule is CC1=C(CC(=O)NOCC(C)Nc2cn[nH]c(=O)c2C(F)(F)F)CCN(c2ncc(C3CC3)cn2)C1. The lowest BCUT2D eigenvalue weighted by atomic mass is 9.98. The largest absolute Gasteiger partial charge is 0.423 e. The molecular formula is C23H28F3N7O3. The molecule has 1 unspecified atom stereocenters. The summed E-state index contributed by atoms with van der Waals surface area (Å²) in [6.07, 6.45) is 3.05. The summed E-state index contributed by atoms with van der Waals surface area (Å²) in [5, 5.41) is 7.72. The monoisotopic (exact) mass is 507 g/mol. The number of nitrogens with one attached hydrogen (secondary N) is 3. The number of aromatic nitrogens is 4. The molecule has 13 heteroatoms. The van der Waals surface area contributed by atoms with Gasteiger partial charge < -0.3 is 10.2 Å². The van der Waals surface area contributed by atoms with E-state index in [4.69, 9.17) is 4.84 Å². The minimum atomic E-state index is -4.85. The molecule has 0 bridgehead atoms. The average molecular weight is 508 g/mol. The zero-order valence-corrected chi connectivity index (χ0v) is 20.0. The Kier molecular flexibility index (Phi) is 7.57. The molecule has 0 aromatic carbocycles. The second kappa shape index (κ2) is 10.6. The number of H-pyrrole nitrogens is 1. The van der Waals surface area contributed by atoms with Crippen LogP contribution in [0.5, 0.6) is 0 Å². The summed E-state index contributed by atoms with van der Waals surface area (Å²) < 4.78 is 39.4. The van der Waals surface area contributed by atoms with Crippen LogP contribution < -0.4 is 21.3 Å². The van der Waals surface area contributed by atoms with Gasteiger partial charge in [0.25, 0.3) is 5.56 Å². The molecule has 1 aliphatic carbocycles. The van der Waals surface area contributed by atoms with E-state index in [1.165, 1.54) is 18.4 Å². The van der Waals surface area contributed by atoms with Gasteiger partial charge in [-0.15, -0.1) is 0 Å². The lowest BCUT2D eigenvalue weighted by molar-refractivity contribution is -0.138. The van der Waals surface area contributed by atoms with Gasteiger partial charge >= 0.3 is 6.18 Å². The number of rotatable bonds is 9. The molecule has 2 aromatic rings. The standard InChI is InChI=1S/C23H28F3N7O3/c1-13-11-33(22-27-8-17(9-28-22)15-3-4-15)6-5-16(13)7-19(34)32-36-12-14(2)30-18-10-29-31-21(35)20(18)23(24,25)26/h8-10,14-15H,3-7,11-12H2,1-2H3,(H,32,34)(H2,30,31,35). The molecule has 3 N–H and O–H groups in total.